The van der Waals surface area contributed by atoms with E-state index >= 15 is 0 Å². The first-order chi connectivity index (χ1) is 10.0. The van der Waals surface area contributed by atoms with Crippen LogP contribution in [0.15, 0.2) is 42.5 Å². The number of hydrogen-bond donors (Lipinski definition) is 1. The first-order valence-electron chi connectivity index (χ1n) is 5.96. The Balaban J connectivity index is 2.27. The van der Waals surface area contributed by atoms with Gasteiger partial charge in [-0.1, -0.05) is 35.3 Å². The van der Waals surface area contributed by atoms with Gasteiger partial charge < -0.3 is 10.1 Å². The van der Waals surface area contributed by atoms with E-state index in [-0.39, 0.29) is 10.6 Å². The molecule has 0 spiro atoms. The molecular weight excluding hydrogens is 313 g/mol. The number of benzene rings is 2. The van der Waals surface area contributed by atoms with Crippen molar-refractivity contribution >= 4 is 40.8 Å². The van der Waals surface area contributed by atoms with Gasteiger partial charge >= 0.3 is 5.97 Å². The molecule has 0 fully saturated rings. The molecular formula is C15H11Cl2NO3. The second-order valence-electron chi connectivity index (χ2n) is 4.12. The van der Waals surface area contributed by atoms with E-state index in [1.807, 2.05) is 0 Å². The Labute approximate surface area is 131 Å². The van der Waals surface area contributed by atoms with E-state index in [9.17, 15) is 9.59 Å². The van der Waals surface area contributed by atoms with Crippen molar-refractivity contribution < 1.29 is 14.3 Å². The molecule has 0 aliphatic carbocycles. The minimum absolute atomic E-state index is 0.272. The Morgan fingerprint density at radius 3 is 2.43 bits per heavy atom. The molecule has 0 heterocycles. The molecule has 2 rings (SSSR count). The second-order valence-corrected chi connectivity index (χ2v) is 4.93. The summed E-state index contributed by atoms with van der Waals surface area (Å²) in [6, 6.07) is 11.1. The van der Waals surface area contributed by atoms with Crippen molar-refractivity contribution in [2.45, 2.75) is 0 Å². The highest BCUT2D eigenvalue weighted by molar-refractivity contribution is 6.42. The molecule has 1 N–H and O–H groups in total. The van der Waals surface area contributed by atoms with E-state index in [0.29, 0.717) is 16.3 Å². The van der Waals surface area contributed by atoms with Crippen molar-refractivity contribution in [3.63, 3.8) is 0 Å². The summed E-state index contributed by atoms with van der Waals surface area (Å²) in [5.74, 6) is -0.926. The third-order valence-corrected chi connectivity index (χ3v) is 3.50. The number of amides is 1. The lowest BCUT2D eigenvalue weighted by atomic mass is 10.1. The van der Waals surface area contributed by atoms with Gasteiger partial charge in [-0.2, -0.15) is 0 Å². The van der Waals surface area contributed by atoms with Crippen molar-refractivity contribution in [2.24, 2.45) is 0 Å². The van der Waals surface area contributed by atoms with Gasteiger partial charge in [0.15, 0.2) is 0 Å². The molecule has 108 valence electrons. The molecule has 4 nitrogen and oxygen atoms in total. The maximum absolute atomic E-state index is 12.2. The van der Waals surface area contributed by atoms with Crippen LogP contribution in [0.4, 0.5) is 5.69 Å². The molecule has 0 saturated carbocycles. The van der Waals surface area contributed by atoms with Crippen molar-refractivity contribution in [1.82, 2.24) is 0 Å². The highest BCUT2D eigenvalue weighted by Crippen LogP contribution is 2.23. The highest BCUT2D eigenvalue weighted by atomic mass is 35.5. The topological polar surface area (TPSA) is 55.4 Å². The number of nitrogens with one attached hydrogen (secondary N) is 1. The molecule has 0 radical (unpaired) electrons. The maximum atomic E-state index is 12.2. The van der Waals surface area contributed by atoms with Crippen molar-refractivity contribution in [3.05, 3.63) is 63.6 Å². The molecule has 0 aliphatic heterocycles. The lowest BCUT2D eigenvalue weighted by Gasteiger charge is -2.10. The van der Waals surface area contributed by atoms with Crippen LogP contribution in [0.5, 0.6) is 0 Å². The molecule has 0 unspecified atom stereocenters. The van der Waals surface area contributed by atoms with E-state index < -0.39 is 11.9 Å². The number of anilines is 1. The van der Waals surface area contributed by atoms with Gasteiger partial charge in [0, 0.05) is 5.56 Å². The molecule has 0 saturated heterocycles. The number of para-hydroxylation sites is 1. The minimum atomic E-state index is -0.528. The average molecular weight is 324 g/mol. The van der Waals surface area contributed by atoms with E-state index in [4.69, 9.17) is 23.2 Å². The van der Waals surface area contributed by atoms with Gasteiger partial charge in [-0.15, -0.1) is 0 Å². The predicted molar refractivity (Wildman–Crippen MR) is 82.2 cm³/mol. The minimum Gasteiger partial charge on any atom is -0.465 e. The van der Waals surface area contributed by atoms with E-state index in [0.717, 1.165) is 0 Å². The van der Waals surface area contributed by atoms with Gasteiger partial charge in [-0.05, 0) is 30.3 Å². The summed E-state index contributed by atoms with van der Waals surface area (Å²) in [5.41, 5.74) is 0.970. The zero-order chi connectivity index (χ0) is 15.4. The quantitative estimate of drug-likeness (QED) is 0.867. The summed E-state index contributed by atoms with van der Waals surface area (Å²) in [4.78, 5) is 23.8. The number of hydrogen-bond acceptors (Lipinski definition) is 3. The van der Waals surface area contributed by atoms with E-state index in [1.54, 1.807) is 30.3 Å². The third-order valence-electron chi connectivity index (χ3n) is 2.76. The first kappa shape index (κ1) is 15.4. The van der Waals surface area contributed by atoms with Crippen LogP contribution in [0.1, 0.15) is 20.7 Å². The van der Waals surface area contributed by atoms with Crippen LogP contribution in [0.3, 0.4) is 0 Å². The Bertz CT molecular complexity index is 701. The number of carbonyl (C=O) groups excluding carboxylic acids is 2. The van der Waals surface area contributed by atoms with Crippen molar-refractivity contribution in [3.8, 4) is 0 Å². The fraction of sp³-hybridized carbons (Fsp3) is 0.0667. The number of rotatable bonds is 3. The van der Waals surface area contributed by atoms with Crippen LogP contribution in [-0.2, 0) is 4.74 Å². The summed E-state index contributed by atoms with van der Waals surface area (Å²) in [6.45, 7) is 0. The van der Waals surface area contributed by atoms with Gasteiger partial charge in [0.2, 0.25) is 0 Å². The largest absolute Gasteiger partial charge is 0.465 e. The molecule has 0 aliphatic rings. The Hall–Kier alpha value is -2.04. The van der Waals surface area contributed by atoms with Gasteiger partial charge in [0.05, 0.1) is 28.4 Å². The SMILES string of the molecule is COC(=O)c1ccccc1NC(=O)c1ccc(Cl)c(Cl)c1. The number of ether oxygens (including phenoxy) is 1. The summed E-state index contributed by atoms with van der Waals surface area (Å²) < 4.78 is 4.67. The smallest absolute Gasteiger partial charge is 0.339 e. The monoisotopic (exact) mass is 323 g/mol. The van der Waals surface area contributed by atoms with Crippen LogP contribution in [-0.4, -0.2) is 19.0 Å². The summed E-state index contributed by atoms with van der Waals surface area (Å²) in [6.07, 6.45) is 0. The predicted octanol–water partition coefficient (Wildman–Crippen LogP) is 4.03. The molecule has 6 heteroatoms. The van der Waals surface area contributed by atoms with Crippen LogP contribution < -0.4 is 5.32 Å². The average Bonchev–Trinajstić information content (AvgIpc) is 2.49. The number of esters is 1. The second kappa shape index (κ2) is 6.61. The molecule has 2 aromatic rings. The van der Waals surface area contributed by atoms with Gasteiger partial charge in [-0.25, -0.2) is 4.79 Å². The van der Waals surface area contributed by atoms with E-state index in [1.165, 1.54) is 19.2 Å². The Morgan fingerprint density at radius 1 is 1.05 bits per heavy atom. The zero-order valence-electron chi connectivity index (χ0n) is 11.0. The fourth-order valence-electron chi connectivity index (χ4n) is 1.71. The van der Waals surface area contributed by atoms with E-state index in [2.05, 4.69) is 10.1 Å². The molecule has 0 atom stereocenters. The highest BCUT2D eigenvalue weighted by Gasteiger charge is 2.14. The molecule has 21 heavy (non-hydrogen) atoms. The van der Waals surface area contributed by atoms with Crippen LogP contribution in [0, 0.1) is 0 Å². The van der Waals surface area contributed by atoms with Gasteiger partial charge in [-0.3, -0.25) is 4.79 Å². The van der Waals surface area contributed by atoms with Gasteiger partial charge in [0.25, 0.3) is 5.91 Å². The van der Waals surface area contributed by atoms with Crippen LogP contribution in [0.2, 0.25) is 10.0 Å². The molecule has 1 amide bonds. The fourth-order valence-corrected chi connectivity index (χ4v) is 2.01. The first-order valence-corrected chi connectivity index (χ1v) is 6.72. The lowest BCUT2D eigenvalue weighted by molar-refractivity contribution is 0.0602. The van der Waals surface area contributed by atoms with Crippen molar-refractivity contribution in [2.75, 3.05) is 12.4 Å². The Kier molecular flexibility index (Phi) is 4.83. The summed E-state index contributed by atoms with van der Waals surface area (Å²) in [7, 11) is 1.28. The van der Waals surface area contributed by atoms with Crippen molar-refractivity contribution in [1.29, 1.82) is 0 Å². The maximum Gasteiger partial charge on any atom is 0.339 e. The van der Waals surface area contributed by atoms with Crippen LogP contribution in [0.25, 0.3) is 0 Å². The normalized spacial score (nSPS) is 10.0. The molecule has 0 bridgehead atoms. The number of carbonyl (C=O) groups is 2. The summed E-state index contributed by atoms with van der Waals surface area (Å²) >= 11 is 11.7. The molecule has 2 aromatic carbocycles. The third kappa shape index (κ3) is 3.54. The molecule has 0 aromatic heterocycles. The van der Waals surface area contributed by atoms with Crippen LogP contribution >= 0.6 is 23.2 Å². The standard InChI is InChI=1S/C15H11Cl2NO3/c1-21-15(20)10-4-2-3-5-13(10)18-14(19)9-6-7-11(16)12(17)8-9/h2-8H,1H3,(H,18,19). The number of halogens is 2. The summed E-state index contributed by atoms with van der Waals surface area (Å²) in [5, 5.41) is 3.29. The van der Waals surface area contributed by atoms with Gasteiger partial charge in [0.1, 0.15) is 0 Å². The Morgan fingerprint density at radius 2 is 1.76 bits per heavy atom. The zero-order valence-corrected chi connectivity index (χ0v) is 12.5. The number of methoxy groups -OCH3 is 1. The lowest BCUT2D eigenvalue weighted by Crippen LogP contribution is -2.15.